The first-order valence-corrected chi connectivity index (χ1v) is 7.28. The maximum Gasteiger partial charge on any atom is 0.235 e. The molecule has 16 heavy (non-hydrogen) atoms. The number of piperidine rings is 1. The van der Waals surface area contributed by atoms with Gasteiger partial charge in [-0.2, -0.15) is 0 Å². The van der Waals surface area contributed by atoms with Crippen molar-refractivity contribution in [2.45, 2.75) is 50.9 Å². The number of rotatable bonds is 5. The van der Waals surface area contributed by atoms with E-state index in [0.717, 1.165) is 25.1 Å². The molecule has 0 radical (unpaired) electrons. The molecule has 0 aromatic carbocycles. The summed E-state index contributed by atoms with van der Waals surface area (Å²) < 4.78 is 0. The standard InChI is InChI=1S/C12H23NO2S/c1-3-4-8-16-10(2)12(15)13-7-5-6-11(14)9-13/h10-11,14H,3-9H2,1-2H3. The van der Waals surface area contributed by atoms with E-state index in [-0.39, 0.29) is 17.3 Å². The number of aliphatic hydroxyl groups is 1. The van der Waals surface area contributed by atoms with Gasteiger partial charge in [-0.05, 0) is 31.9 Å². The van der Waals surface area contributed by atoms with Gasteiger partial charge in [-0.15, -0.1) is 11.8 Å². The van der Waals surface area contributed by atoms with E-state index in [1.165, 1.54) is 12.8 Å². The minimum atomic E-state index is -0.314. The van der Waals surface area contributed by atoms with E-state index in [2.05, 4.69) is 6.92 Å². The Morgan fingerprint density at radius 3 is 3.00 bits per heavy atom. The zero-order valence-electron chi connectivity index (χ0n) is 10.3. The van der Waals surface area contributed by atoms with Crippen molar-refractivity contribution < 1.29 is 9.90 Å². The first-order valence-electron chi connectivity index (χ1n) is 6.23. The van der Waals surface area contributed by atoms with Gasteiger partial charge in [0.15, 0.2) is 0 Å². The molecule has 0 aliphatic carbocycles. The Labute approximate surface area is 103 Å². The van der Waals surface area contributed by atoms with Gasteiger partial charge in [0.1, 0.15) is 0 Å². The average molecular weight is 245 g/mol. The highest BCUT2D eigenvalue weighted by atomic mass is 32.2. The highest BCUT2D eigenvalue weighted by molar-refractivity contribution is 8.00. The Morgan fingerprint density at radius 2 is 2.38 bits per heavy atom. The Morgan fingerprint density at radius 1 is 1.62 bits per heavy atom. The Kier molecular flexibility index (Phi) is 6.21. The lowest BCUT2D eigenvalue weighted by Crippen LogP contribution is -2.45. The lowest BCUT2D eigenvalue weighted by atomic mass is 10.1. The highest BCUT2D eigenvalue weighted by Gasteiger charge is 2.25. The lowest BCUT2D eigenvalue weighted by Gasteiger charge is -2.31. The van der Waals surface area contributed by atoms with E-state index in [0.29, 0.717) is 6.54 Å². The van der Waals surface area contributed by atoms with Crippen molar-refractivity contribution >= 4 is 17.7 Å². The molecule has 3 nitrogen and oxygen atoms in total. The first kappa shape index (κ1) is 13.8. The van der Waals surface area contributed by atoms with Crippen LogP contribution in [-0.2, 0) is 4.79 Å². The molecule has 1 amide bonds. The molecular formula is C12H23NO2S. The van der Waals surface area contributed by atoms with E-state index in [4.69, 9.17) is 0 Å². The molecule has 0 aromatic rings. The van der Waals surface area contributed by atoms with Crippen molar-refractivity contribution in [1.82, 2.24) is 4.90 Å². The molecule has 0 spiro atoms. The third-order valence-corrected chi connectivity index (χ3v) is 4.15. The number of likely N-dealkylation sites (tertiary alicyclic amines) is 1. The average Bonchev–Trinajstić information content (AvgIpc) is 2.28. The second kappa shape index (κ2) is 7.17. The van der Waals surface area contributed by atoms with Gasteiger partial charge in [0.25, 0.3) is 0 Å². The van der Waals surface area contributed by atoms with Crippen LogP contribution in [0.15, 0.2) is 0 Å². The van der Waals surface area contributed by atoms with Gasteiger partial charge in [-0.1, -0.05) is 13.3 Å². The predicted molar refractivity (Wildman–Crippen MR) is 68.6 cm³/mol. The molecule has 2 unspecified atom stereocenters. The molecule has 94 valence electrons. The Balaban J connectivity index is 2.31. The fourth-order valence-corrected chi connectivity index (χ4v) is 2.99. The highest BCUT2D eigenvalue weighted by Crippen LogP contribution is 2.18. The van der Waals surface area contributed by atoms with Gasteiger partial charge in [0, 0.05) is 13.1 Å². The zero-order valence-corrected chi connectivity index (χ0v) is 11.1. The van der Waals surface area contributed by atoms with Crippen LogP contribution in [0.5, 0.6) is 0 Å². The summed E-state index contributed by atoms with van der Waals surface area (Å²) in [6.45, 7) is 5.48. The van der Waals surface area contributed by atoms with Crippen molar-refractivity contribution in [3.05, 3.63) is 0 Å². The van der Waals surface area contributed by atoms with E-state index in [1.807, 2.05) is 11.8 Å². The lowest BCUT2D eigenvalue weighted by molar-refractivity contribution is -0.133. The number of carbonyl (C=O) groups excluding carboxylic acids is 1. The van der Waals surface area contributed by atoms with Crippen LogP contribution in [0.25, 0.3) is 0 Å². The first-order chi connectivity index (χ1) is 7.65. The van der Waals surface area contributed by atoms with Crippen LogP contribution in [0.3, 0.4) is 0 Å². The van der Waals surface area contributed by atoms with E-state index < -0.39 is 0 Å². The summed E-state index contributed by atoms with van der Waals surface area (Å²) in [7, 11) is 0. The quantitative estimate of drug-likeness (QED) is 0.752. The van der Waals surface area contributed by atoms with Crippen molar-refractivity contribution in [1.29, 1.82) is 0 Å². The van der Waals surface area contributed by atoms with Gasteiger partial charge >= 0.3 is 0 Å². The molecule has 1 N–H and O–H groups in total. The molecule has 0 saturated carbocycles. The second-order valence-electron chi connectivity index (χ2n) is 4.45. The molecule has 2 atom stereocenters. The number of hydrogen-bond acceptors (Lipinski definition) is 3. The van der Waals surface area contributed by atoms with Crippen LogP contribution in [0, 0.1) is 0 Å². The number of unbranched alkanes of at least 4 members (excludes halogenated alkanes) is 1. The van der Waals surface area contributed by atoms with Crippen molar-refractivity contribution in [3.8, 4) is 0 Å². The molecule has 1 aliphatic rings. The third-order valence-electron chi connectivity index (χ3n) is 2.92. The van der Waals surface area contributed by atoms with Crippen molar-refractivity contribution in [3.63, 3.8) is 0 Å². The summed E-state index contributed by atoms with van der Waals surface area (Å²) in [6, 6.07) is 0. The topological polar surface area (TPSA) is 40.5 Å². The normalized spacial score (nSPS) is 23.2. The number of amides is 1. The van der Waals surface area contributed by atoms with E-state index in [1.54, 1.807) is 11.8 Å². The third kappa shape index (κ3) is 4.34. The van der Waals surface area contributed by atoms with Gasteiger partial charge in [-0.25, -0.2) is 0 Å². The summed E-state index contributed by atoms with van der Waals surface area (Å²) in [4.78, 5) is 13.8. The smallest absolute Gasteiger partial charge is 0.235 e. The zero-order chi connectivity index (χ0) is 12.0. The van der Waals surface area contributed by atoms with Crippen LogP contribution in [0.2, 0.25) is 0 Å². The Hall–Kier alpha value is -0.220. The van der Waals surface area contributed by atoms with Crippen molar-refractivity contribution in [2.75, 3.05) is 18.8 Å². The number of carbonyl (C=O) groups is 1. The summed E-state index contributed by atoms with van der Waals surface area (Å²) in [6.07, 6.45) is 3.80. The van der Waals surface area contributed by atoms with Gasteiger partial charge < -0.3 is 10.0 Å². The van der Waals surface area contributed by atoms with Crippen LogP contribution in [-0.4, -0.2) is 46.1 Å². The number of β-amino-alcohol motifs (C(OH)–C–C–N with tert-alkyl or cyclic N) is 1. The molecule has 1 rings (SSSR count). The number of aliphatic hydroxyl groups excluding tert-OH is 1. The summed E-state index contributed by atoms with van der Waals surface area (Å²) in [5, 5.41) is 9.56. The van der Waals surface area contributed by atoms with Crippen LogP contribution in [0.1, 0.15) is 39.5 Å². The van der Waals surface area contributed by atoms with Gasteiger partial charge in [0.2, 0.25) is 5.91 Å². The largest absolute Gasteiger partial charge is 0.391 e. The van der Waals surface area contributed by atoms with Crippen LogP contribution < -0.4 is 0 Å². The molecular weight excluding hydrogens is 222 g/mol. The molecule has 0 bridgehead atoms. The molecule has 1 aliphatic heterocycles. The monoisotopic (exact) mass is 245 g/mol. The molecule has 1 saturated heterocycles. The predicted octanol–water partition coefficient (Wildman–Crippen LogP) is 1.89. The SMILES string of the molecule is CCCCSC(C)C(=O)N1CCCC(O)C1. The maximum atomic E-state index is 12.0. The summed E-state index contributed by atoms with van der Waals surface area (Å²) in [5.74, 6) is 1.25. The fourth-order valence-electron chi connectivity index (χ4n) is 1.89. The molecule has 0 aromatic heterocycles. The molecule has 4 heteroatoms. The molecule has 1 heterocycles. The van der Waals surface area contributed by atoms with Gasteiger partial charge in [0.05, 0.1) is 11.4 Å². The molecule has 1 fully saturated rings. The maximum absolute atomic E-state index is 12.0. The minimum absolute atomic E-state index is 0.0387. The number of nitrogens with zero attached hydrogens (tertiary/aromatic N) is 1. The van der Waals surface area contributed by atoms with E-state index in [9.17, 15) is 9.90 Å². The van der Waals surface area contributed by atoms with E-state index >= 15 is 0 Å². The second-order valence-corrected chi connectivity index (χ2v) is 5.90. The van der Waals surface area contributed by atoms with Crippen LogP contribution in [0.4, 0.5) is 0 Å². The van der Waals surface area contributed by atoms with Gasteiger partial charge in [-0.3, -0.25) is 4.79 Å². The Bertz CT molecular complexity index is 223. The minimum Gasteiger partial charge on any atom is -0.391 e. The summed E-state index contributed by atoms with van der Waals surface area (Å²) >= 11 is 1.73. The van der Waals surface area contributed by atoms with Crippen molar-refractivity contribution in [2.24, 2.45) is 0 Å². The van der Waals surface area contributed by atoms with Crippen LogP contribution >= 0.6 is 11.8 Å². The fraction of sp³-hybridized carbons (Fsp3) is 0.917. The number of hydrogen-bond donors (Lipinski definition) is 1. The summed E-state index contributed by atoms with van der Waals surface area (Å²) in [5.41, 5.74) is 0. The number of thioether (sulfide) groups is 1.